The molecule has 2 N–H and O–H groups in total. The molecular formula is C15H16N2O2S. The van der Waals surface area contributed by atoms with Crippen LogP contribution in [-0.4, -0.2) is 29.1 Å². The van der Waals surface area contributed by atoms with E-state index in [1.165, 1.54) is 11.3 Å². The Morgan fingerprint density at radius 1 is 1.25 bits per heavy atom. The van der Waals surface area contributed by atoms with Gasteiger partial charge in [0, 0.05) is 11.5 Å². The minimum Gasteiger partial charge on any atom is -0.477 e. The van der Waals surface area contributed by atoms with E-state index in [9.17, 15) is 9.90 Å². The molecule has 2 aromatic rings. The van der Waals surface area contributed by atoms with Crippen molar-refractivity contribution in [2.45, 2.75) is 18.8 Å². The van der Waals surface area contributed by atoms with Crippen molar-refractivity contribution in [3.05, 3.63) is 40.2 Å². The zero-order chi connectivity index (χ0) is 13.9. The second kappa shape index (κ2) is 5.73. The number of rotatable bonds is 3. The third-order valence-electron chi connectivity index (χ3n) is 3.57. The van der Waals surface area contributed by atoms with E-state index >= 15 is 0 Å². The Morgan fingerprint density at radius 2 is 1.95 bits per heavy atom. The lowest BCUT2D eigenvalue weighted by atomic mass is 9.99. The van der Waals surface area contributed by atoms with Gasteiger partial charge in [0.1, 0.15) is 4.88 Å². The van der Waals surface area contributed by atoms with Crippen molar-refractivity contribution >= 4 is 17.3 Å². The van der Waals surface area contributed by atoms with Gasteiger partial charge < -0.3 is 10.4 Å². The number of nitrogens with zero attached hydrogens (tertiary/aromatic N) is 1. The number of benzene rings is 1. The Labute approximate surface area is 121 Å². The van der Waals surface area contributed by atoms with E-state index in [1.54, 1.807) is 0 Å². The van der Waals surface area contributed by atoms with Crippen molar-refractivity contribution in [2.75, 3.05) is 13.1 Å². The third-order valence-corrected chi connectivity index (χ3v) is 4.78. The number of carboxylic acid groups (broad SMARTS) is 1. The predicted molar refractivity (Wildman–Crippen MR) is 79.4 cm³/mol. The standard InChI is InChI=1S/C15H16N2O2S/c18-15(19)13-12(10-4-2-1-3-5-10)17-14(20-13)11-6-8-16-9-7-11/h1-5,11,16H,6-9H2,(H,18,19). The van der Waals surface area contributed by atoms with Crippen molar-refractivity contribution in [3.63, 3.8) is 0 Å². The SMILES string of the molecule is O=C(O)c1sc(C2CCNCC2)nc1-c1ccccc1. The highest BCUT2D eigenvalue weighted by Crippen LogP contribution is 2.35. The summed E-state index contributed by atoms with van der Waals surface area (Å²) in [4.78, 5) is 16.4. The summed E-state index contributed by atoms with van der Waals surface area (Å²) >= 11 is 1.33. The van der Waals surface area contributed by atoms with Gasteiger partial charge in [0.05, 0.1) is 10.7 Å². The summed E-state index contributed by atoms with van der Waals surface area (Å²) in [6.07, 6.45) is 2.06. The van der Waals surface area contributed by atoms with Gasteiger partial charge in [-0.15, -0.1) is 11.3 Å². The van der Waals surface area contributed by atoms with E-state index in [1.807, 2.05) is 30.3 Å². The minimum atomic E-state index is -0.887. The van der Waals surface area contributed by atoms with Gasteiger partial charge >= 0.3 is 5.97 Å². The number of thiazole rings is 1. The molecule has 0 amide bonds. The molecule has 1 aliphatic rings. The number of carboxylic acids is 1. The normalized spacial score (nSPS) is 16.2. The van der Waals surface area contributed by atoms with E-state index in [4.69, 9.17) is 0 Å². The smallest absolute Gasteiger partial charge is 0.348 e. The quantitative estimate of drug-likeness (QED) is 0.911. The summed E-state index contributed by atoms with van der Waals surface area (Å²) in [6, 6.07) is 9.56. The Hall–Kier alpha value is -1.72. The van der Waals surface area contributed by atoms with Crippen LogP contribution in [0.1, 0.15) is 33.4 Å². The number of carbonyl (C=O) groups is 1. The van der Waals surface area contributed by atoms with Crippen LogP contribution >= 0.6 is 11.3 Å². The number of hydrogen-bond acceptors (Lipinski definition) is 4. The van der Waals surface area contributed by atoms with Gasteiger partial charge in [-0.3, -0.25) is 0 Å². The first-order valence-electron chi connectivity index (χ1n) is 6.76. The fourth-order valence-corrected chi connectivity index (χ4v) is 3.61. The van der Waals surface area contributed by atoms with E-state index in [-0.39, 0.29) is 0 Å². The highest BCUT2D eigenvalue weighted by Gasteiger charge is 2.24. The molecule has 4 nitrogen and oxygen atoms in total. The van der Waals surface area contributed by atoms with Crippen LogP contribution in [0.3, 0.4) is 0 Å². The average molecular weight is 288 g/mol. The zero-order valence-electron chi connectivity index (χ0n) is 11.0. The first-order chi connectivity index (χ1) is 9.75. The summed E-state index contributed by atoms with van der Waals surface area (Å²) in [5.41, 5.74) is 1.48. The zero-order valence-corrected chi connectivity index (χ0v) is 11.8. The lowest BCUT2D eigenvalue weighted by Crippen LogP contribution is -2.26. The third kappa shape index (κ3) is 2.59. The van der Waals surface area contributed by atoms with E-state index in [0.29, 0.717) is 16.5 Å². The molecule has 0 spiro atoms. The Morgan fingerprint density at radius 3 is 2.60 bits per heavy atom. The number of aromatic carboxylic acids is 1. The molecule has 1 saturated heterocycles. The van der Waals surface area contributed by atoms with Crippen LogP contribution in [0.25, 0.3) is 11.3 Å². The number of hydrogen-bond donors (Lipinski definition) is 2. The molecule has 5 heteroatoms. The van der Waals surface area contributed by atoms with Crippen LogP contribution in [0, 0.1) is 0 Å². The molecule has 2 heterocycles. The van der Waals surface area contributed by atoms with Crippen molar-refractivity contribution in [3.8, 4) is 11.3 Å². The summed E-state index contributed by atoms with van der Waals surface area (Å²) in [5, 5.41) is 13.7. The first-order valence-corrected chi connectivity index (χ1v) is 7.57. The van der Waals surface area contributed by atoms with Crippen LogP contribution in [0.15, 0.2) is 30.3 Å². The number of nitrogens with one attached hydrogen (secondary N) is 1. The van der Waals surface area contributed by atoms with Crippen LogP contribution in [0.2, 0.25) is 0 Å². The van der Waals surface area contributed by atoms with Gasteiger partial charge in [0.15, 0.2) is 0 Å². The Kier molecular flexibility index (Phi) is 3.80. The summed E-state index contributed by atoms with van der Waals surface area (Å²) < 4.78 is 0. The minimum absolute atomic E-state index is 0.352. The van der Waals surface area contributed by atoms with E-state index < -0.39 is 5.97 Å². The molecule has 104 valence electrons. The van der Waals surface area contributed by atoms with Crippen LogP contribution in [0.4, 0.5) is 0 Å². The average Bonchev–Trinajstić information content (AvgIpc) is 2.94. The largest absolute Gasteiger partial charge is 0.477 e. The lowest BCUT2D eigenvalue weighted by Gasteiger charge is -2.20. The molecule has 0 atom stereocenters. The Balaban J connectivity index is 2.00. The molecular weight excluding hydrogens is 272 g/mol. The highest BCUT2D eigenvalue weighted by molar-refractivity contribution is 7.14. The first kappa shape index (κ1) is 13.3. The molecule has 1 aromatic heterocycles. The van der Waals surface area contributed by atoms with Gasteiger partial charge in [0.25, 0.3) is 0 Å². The maximum Gasteiger partial charge on any atom is 0.348 e. The summed E-state index contributed by atoms with van der Waals surface area (Å²) in [5.74, 6) is -0.502. The van der Waals surface area contributed by atoms with Crippen LogP contribution < -0.4 is 5.32 Å². The second-order valence-corrected chi connectivity index (χ2v) is 5.96. The van der Waals surface area contributed by atoms with Gasteiger partial charge in [-0.2, -0.15) is 0 Å². The van der Waals surface area contributed by atoms with E-state index in [0.717, 1.165) is 36.5 Å². The molecule has 1 aliphatic heterocycles. The molecule has 0 unspecified atom stereocenters. The molecule has 0 bridgehead atoms. The molecule has 0 radical (unpaired) electrons. The van der Waals surface area contributed by atoms with Gasteiger partial charge in [-0.1, -0.05) is 30.3 Å². The molecule has 0 saturated carbocycles. The number of piperidine rings is 1. The molecule has 0 aliphatic carbocycles. The lowest BCUT2D eigenvalue weighted by molar-refractivity contribution is 0.0702. The van der Waals surface area contributed by atoms with Crippen molar-refractivity contribution in [2.24, 2.45) is 0 Å². The van der Waals surface area contributed by atoms with Gasteiger partial charge in [-0.25, -0.2) is 9.78 Å². The summed E-state index contributed by atoms with van der Waals surface area (Å²) in [6.45, 7) is 1.96. The fraction of sp³-hybridized carbons (Fsp3) is 0.333. The number of aromatic nitrogens is 1. The maximum atomic E-state index is 11.4. The van der Waals surface area contributed by atoms with Crippen LogP contribution in [-0.2, 0) is 0 Å². The predicted octanol–water partition coefficient (Wildman–Crippen LogP) is 2.98. The maximum absolute atomic E-state index is 11.4. The molecule has 20 heavy (non-hydrogen) atoms. The van der Waals surface area contributed by atoms with Crippen LogP contribution in [0.5, 0.6) is 0 Å². The molecule has 1 aromatic carbocycles. The topological polar surface area (TPSA) is 62.2 Å². The molecule has 1 fully saturated rings. The van der Waals surface area contributed by atoms with Crippen molar-refractivity contribution < 1.29 is 9.90 Å². The van der Waals surface area contributed by atoms with Crippen molar-refractivity contribution in [1.29, 1.82) is 0 Å². The van der Waals surface area contributed by atoms with Crippen molar-refractivity contribution in [1.82, 2.24) is 10.3 Å². The fourth-order valence-electron chi connectivity index (χ4n) is 2.52. The van der Waals surface area contributed by atoms with Gasteiger partial charge in [0.2, 0.25) is 0 Å². The summed E-state index contributed by atoms with van der Waals surface area (Å²) in [7, 11) is 0. The highest BCUT2D eigenvalue weighted by atomic mass is 32.1. The Bertz CT molecular complexity index is 604. The monoisotopic (exact) mass is 288 g/mol. The van der Waals surface area contributed by atoms with E-state index in [2.05, 4.69) is 10.3 Å². The van der Waals surface area contributed by atoms with Gasteiger partial charge in [-0.05, 0) is 25.9 Å². The molecule has 3 rings (SSSR count). The second-order valence-electron chi connectivity index (χ2n) is 4.93.